The Balaban J connectivity index is 2.62. The van der Waals surface area contributed by atoms with Gasteiger partial charge in [0, 0.05) is 12.3 Å². The first-order chi connectivity index (χ1) is 10.4. The topological polar surface area (TPSA) is 22.0 Å². The summed E-state index contributed by atoms with van der Waals surface area (Å²) in [5.41, 5.74) is -4.72. The molecule has 0 aliphatic heterocycles. The van der Waals surface area contributed by atoms with Gasteiger partial charge in [-0.3, -0.25) is 9.36 Å². The number of nitrogens with zero attached hydrogens (tertiary/aromatic N) is 1. The SMILES string of the molecule is O=c1cc(C(F)(F)F)ccn1-c1c(F)cc(C(F)(F)F)cc1Cl. The number of pyridine rings is 1. The third-order valence-electron chi connectivity index (χ3n) is 2.83. The van der Waals surface area contributed by atoms with E-state index >= 15 is 0 Å². The first-order valence-corrected chi connectivity index (χ1v) is 6.15. The molecule has 0 aliphatic carbocycles. The normalized spacial score (nSPS) is 12.5. The third-order valence-corrected chi connectivity index (χ3v) is 3.12. The van der Waals surface area contributed by atoms with E-state index in [1.54, 1.807) is 0 Å². The number of alkyl halides is 6. The number of benzene rings is 1. The van der Waals surface area contributed by atoms with E-state index in [0.29, 0.717) is 22.9 Å². The summed E-state index contributed by atoms with van der Waals surface area (Å²) >= 11 is 5.55. The molecule has 0 unspecified atom stereocenters. The van der Waals surface area contributed by atoms with E-state index in [1.165, 1.54) is 0 Å². The Morgan fingerprint density at radius 3 is 1.91 bits per heavy atom. The lowest BCUT2D eigenvalue weighted by molar-refractivity contribution is -0.138. The fraction of sp³-hybridized carbons (Fsp3) is 0.154. The molecule has 0 bridgehead atoms. The summed E-state index contributed by atoms with van der Waals surface area (Å²) in [4.78, 5) is 11.7. The van der Waals surface area contributed by atoms with Crippen molar-refractivity contribution in [2.24, 2.45) is 0 Å². The summed E-state index contributed by atoms with van der Waals surface area (Å²) < 4.78 is 89.3. The van der Waals surface area contributed by atoms with E-state index in [2.05, 4.69) is 0 Å². The number of hydrogen-bond acceptors (Lipinski definition) is 1. The summed E-state index contributed by atoms with van der Waals surface area (Å²) in [6.07, 6.45) is -9.07. The van der Waals surface area contributed by atoms with Crippen LogP contribution in [0.2, 0.25) is 5.02 Å². The molecule has 0 aliphatic rings. The van der Waals surface area contributed by atoms with Crippen LogP contribution >= 0.6 is 11.6 Å². The molecule has 2 nitrogen and oxygen atoms in total. The van der Waals surface area contributed by atoms with Gasteiger partial charge in [0.05, 0.1) is 16.1 Å². The fourth-order valence-electron chi connectivity index (χ4n) is 1.80. The van der Waals surface area contributed by atoms with Crippen LogP contribution in [0.4, 0.5) is 30.7 Å². The Hall–Kier alpha value is -2.03. The standard InChI is InChI=1S/C13H5ClF7NO/c14-8-3-7(13(19,20)21)4-9(15)11(8)22-2-1-6(5-10(22)23)12(16,17)18/h1-5H. The monoisotopic (exact) mass is 359 g/mol. The highest BCUT2D eigenvalue weighted by Crippen LogP contribution is 2.35. The molecule has 0 amide bonds. The van der Waals surface area contributed by atoms with Gasteiger partial charge in [0.15, 0.2) is 0 Å². The second kappa shape index (κ2) is 5.55. The van der Waals surface area contributed by atoms with Gasteiger partial charge >= 0.3 is 12.4 Å². The molecule has 0 saturated heterocycles. The minimum atomic E-state index is -4.87. The first kappa shape index (κ1) is 17.3. The fourth-order valence-corrected chi connectivity index (χ4v) is 2.10. The molecular formula is C13H5ClF7NO. The average Bonchev–Trinajstić information content (AvgIpc) is 2.37. The van der Waals surface area contributed by atoms with Gasteiger partial charge in [0.1, 0.15) is 11.5 Å². The van der Waals surface area contributed by atoms with Crippen molar-refractivity contribution in [1.82, 2.24) is 4.57 Å². The molecule has 0 radical (unpaired) electrons. The molecule has 23 heavy (non-hydrogen) atoms. The number of halogens is 8. The minimum Gasteiger partial charge on any atom is -0.280 e. The quantitative estimate of drug-likeness (QED) is 0.678. The zero-order chi connectivity index (χ0) is 17.6. The van der Waals surface area contributed by atoms with Gasteiger partial charge in [-0.05, 0) is 18.2 Å². The molecule has 10 heteroatoms. The van der Waals surface area contributed by atoms with Crippen LogP contribution < -0.4 is 5.56 Å². The highest BCUT2D eigenvalue weighted by Gasteiger charge is 2.33. The number of rotatable bonds is 1. The zero-order valence-electron chi connectivity index (χ0n) is 10.8. The molecule has 0 atom stereocenters. The maximum absolute atomic E-state index is 13.9. The van der Waals surface area contributed by atoms with Crippen molar-refractivity contribution >= 4 is 11.6 Å². The molecule has 124 valence electrons. The molecule has 2 rings (SSSR count). The number of aromatic nitrogens is 1. The van der Waals surface area contributed by atoms with E-state index < -0.39 is 45.6 Å². The van der Waals surface area contributed by atoms with Crippen LogP contribution in [0.15, 0.2) is 35.3 Å². The van der Waals surface area contributed by atoms with Gasteiger partial charge in [-0.25, -0.2) is 4.39 Å². The van der Waals surface area contributed by atoms with Crippen LogP contribution in [0.1, 0.15) is 11.1 Å². The lowest BCUT2D eigenvalue weighted by Crippen LogP contribution is -2.21. The van der Waals surface area contributed by atoms with Gasteiger partial charge in [0.25, 0.3) is 5.56 Å². The van der Waals surface area contributed by atoms with Crippen LogP contribution in [0, 0.1) is 5.82 Å². The van der Waals surface area contributed by atoms with Crippen molar-refractivity contribution in [2.75, 3.05) is 0 Å². The maximum Gasteiger partial charge on any atom is 0.416 e. The van der Waals surface area contributed by atoms with Crippen LogP contribution in [0.3, 0.4) is 0 Å². The van der Waals surface area contributed by atoms with E-state index in [9.17, 15) is 35.5 Å². The van der Waals surface area contributed by atoms with Crippen molar-refractivity contribution in [3.63, 3.8) is 0 Å². The van der Waals surface area contributed by atoms with Crippen molar-refractivity contribution < 1.29 is 30.7 Å². The minimum absolute atomic E-state index is 0.103. The molecule has 1 aromatic heterocycles. The summed E-state index contributed by atoms with van der Waals surface area (Å²) in [5, 5.41) is -0.765. The zero-order valence-corrected chi connectivity index (χ0v) is 11.5. The summed E-state index contributed by atoms with van der Waals surface area (Å²) in [6.45, 7) is 0. The lowest BCUT2D eigenvalue weighted by atomic mass is 10.1. The van der Waals surface area contributed by atoms with Crippen molar-refractivity contribution in [3.8, 4) is 5.69 Å². The predicted molar refractivity (Wildman–Crippen MR) is 67.0 cm³/mol. The van der Waals surface area contributed by atoms with E-state index in [1.807, 2.05) is 0 Å². The van der Waals surface area contributed by atoms with Crippen LogP contribution in [0.25, 0.3) is 5.69 Å². The van der Waals surface area contributed by atoms with Crippen LogP contribution in [-0.4, -0.2) is 4.57 Å². The molecule has 0 saturated carbocycles. The van der Waals surface area contributed by atoms with Crippen molar-refractivity contribution in [2.45, 2.75) is 12.4 Å². The smallest absolute Gasteiger partial charge is 0.280 e. The van der Waals surface area contributed by atoms with Gasteiger partial charge in [-0.2, -0.15) is 26.3 Å². The summed E-state index contributed by atoms with van der Waals surface area (Å²) in [7, 11) is 0. The highest BCUT2D eigenvalue weighted by molar-refractivity contribution is 6.32. The van der Waals surface area contributed by atoms with Gasteiger partial charge in [0.2, 0.25) is 0 Å². The highest BCUT2D eigenvalue weighted by atomic mass is 35.5. The Bertz CT molecular complexity index is 784. The van der Waals surface area contributed by atoms with Gasteiger partial charge in [-0.15, -0.1) is 0 Å². The Morgan fingerprint density at radius 1 is 0.913 bits per heavy atom. The van der Waals surface area contributed by atoms with Crippen LogP contribution in [-0.2, 0) is 12.4 Å². The van der Waals surface area contributed by atoms with E-state index in [4.69, 9.17) is 11.6 Å². The van der Waals surface area contributed by atoms with Gasteiger partial charge in [-0.1, -0.05) is 11.6 Å². The maximum atomic E-state index is 13.9. The summed E-state index contributed by atoms with van der Waals surface area (Å²) in [6, 6.07) is 1.15. The largest absolute Gasteiger partial charge is 0.416 e. The van der Waals surface area contributed by atoms with Gasteiger partial charge < -0.3 is 0 Å². The first-order valence-electron chi connectivity index (χ1n) is 5.78. The van der Waals surface area contributed by atoms with Crippen molar-refractivity contribution in [1.29, 1.82) is 0 Å². The predicted octanol–water partition coefficient (Wildman–Crippen LogP) is 4.67. The van der Waals surface area contributed by atoms with E-state index in [-0.39, 0.29) is 12.1 Å². The Morgan fingerprint density at radius 2 is 1.48 bits per heavy atom. The molecule has 0 fully saturated rings. The molecule has 1 heterocycles. The van der Waals surface area contributed by atoms with E-state index in [0.717, 1.165) is 0 Å². The summed E-state index contributed by atoms with van der Waals surface area (Å²) in [5.74, 6) is -1.49. The number of hydrogen-bond donors (Lipinski definition) is 0. The molecule has 0 spiro atoms. The Labute approximate surface area is 128 Å². The Kier molecular flexibility index (Phi) is 4.18. The molecule has 0 N–H and O–H groups in total. The average molecular weight is 360 g/mol. The third kappa shape index (κ3) is 3.49. The molecular weight excluding hydrogens is 355 g/mol. The second-order valence-electron chi connectivity index (χ2n) is 4.41. The molecule has 1 aromatic carbocycles. The van der Waals surface area contributed by atoms with Crippen molar-refractivity contribution in [3.05, 3.63) is 62.8 Å². The second-order valence-corrected chi connectivity index (χ2v) is 4.81. The molecule has 2 aromatic rings. The van der Waals surface area contributed by atoms with Crippen LogP contribution in [0.5, 0.6) is 0 Å². The lowest BCUT2D eigenvalue weighted by Gasteiger charge is -2.14.